The minimum absolute atomic E-state index is 0.254. The van der Waals surface area contributed by atoms with Crippen molar-refractivity contribution in [3.63, 3.8) is 0 Å². The first kappa shape index (κ1) is 23.3. The van der Waals surface area contributed by atoms with Crippen LogP contribution < -0.4 is 0 Å². The lowest BCUT2D eigenvalue weighted by Gasteiger charge is -2.50. The van der Waals surface area contributed by atoms with Gasteiger partial charge >= 0.3 is 5.97 Å². The fourth-order valence-corrected chi connectivity index (χ4v) is 4.93. The van der Waals surface area contributed by atoms with Crippen LogP contribution in [0.5, 0.6) is 0 Å². The normalized spacial score (nSPS) is 24.6. The molecule has 1 fully saturated rings. The van der Waals surface area contributed by atoms with Crippen LogP contribution in [0.25, 0.3) is 0 Å². The lowest BCUT2D eigenvalue weighted by atomic mass is 9.67. The van der Waals surface area contributed by atoms with Gasteiger partial charge in [-0.2, -0.15) is 0 Å². The minimum Gasteiger partial charge on any atom is -0.481 e. The Morgan fingerprint density at radius 3 is 2.42 bits per heavy atom. The van der Waals surface area contributed by atoms with Gasteiger partial charge in [0.25, 0.3) is 0 Å². The van der Waals surface area contributed by atoms with Gasteiger partial charge in [0.2, 0.25) is 5.91 Å². The van der Waals surface area contributed by atoms with Crippen LogP contribution >= 0.6 is 23.2 Å². The number of carbonyl (C=O) groups excluding carboxylic acids is 2. The largest absolute Gasteiger partial charge is 0.481 e. The third-order valence-corrected chi connectivity index (χ3v) is 6.55. The van der Waals surface area contributed by atoms with Crippen molar-refractivity contribution in [2.24, 2.45) is 5.41 Å². The summed E-state index contributed by atoms with van der Waals surface area (Å²) in [6, 6.07) is 13.4. The van der Waals surface area contributed by atoms with Gasteiger partial charge in [-0.1, -0.05) is 61.3 Å². The number of carbonyl (C=O) groups is 3. The van der Waals surface area contributed by atoms with Gasteiger partial charge in [-0.3, -0.25) is 9.59 Å². The summed E-state index contributed by atoms with van der Waals surface area (Å²) in [6.45, 7) is 3.51. The number of aldehydes is 1. The van der Waals surface area contributed by atoms with E-state index in [1.54, 1.807) is 30.0 Å². The van der Waals surface area contributed by atoms with Gasteiger partial charge in [-0.05, 0) is 48.2 Å². The second-order valence-electron chi connectivity index (χ2n) is 8.32. The Kier molecular flexibility index (Phi) is 7.07. The van der Waals surface area contributed by atoms with Crippen molar-refractivity contribution in [3.05, 3.63) is 69.7 Å². The monoisotopic (exact) mass is 461 g/mol. The molecule has 164 valence electrons. The molecule has 1 amide bonds. The number of aliphatic carboxylic acids is 1. The molecule has 7 heteroatoms. The molecule has 31 heavy (non-hydrogen) atoms. The quantitative estimate of drug-likeness (QED) is 0.551. The van der Waals surface area contributed by atoms with Crippen molar-refractivity contribution in [1.82, 2.24) is 4.90 Å². The van der Waals surface area contributed by atoms with Crippen LogP contribution in [-0.4, -0.2) is 34.2 Å². The second kappa shape index (κ2) is 9.41. The van der Waals surface area contributed by atoms with Gasteiger partial charge < -0.3 is 14.8 Å². The van der Waals surface area contributed by atoms with Gasteiger partial charge in [-0.25, -0.2) is 0 Å². The molecular weight excluding hydrogens is 437 g/mol. The molecule has 1 aliphatic heterocycles. The maximum absolute atomic E-state index is 13.7. The molecule has 1 N–H and O–H groups in total. The molecule has 0 bridgehead atoms. The molecule has 1 saturated heterocycles. The number of hydrogen-bond acceptors (Lipinski definition) is 3. The lowest BCUT2D eigenvalue weighted by Crippen LogP contribution is -2.56. The Balaban J connectivity index is 2.23. The van der Waals surface area contributed by atoms with Crippen LogP contribution in [-0.2, 0) is 14.4 Å². The van der Waals surface area contributed by atoms with Crippen LogP contribution in [0.3, 0.4) is 0 Å². The summed E-state index contributed by atoms with van der Waals surface area (Å²) >= 11 is 12.4. The highest BCUT2D eigenvalue weighted by Gasteiger charge is 2.52. The number of rotatable bonds is 7. The summed E-state index contributed by atoms with van der Waals surface area (Å²) in [4.78, 5) is 38.9. The average Bonchev–Trinajstić information content (AvgIpc) is 2.72. The number of benzene rings is 2. The highest BCUT2D eigenvalue weighted by Crippen LogP contribution is 2.52. The first-order chi connectivity index (χ1) is 14.7. The third-order valence-electron chi connectivity index (χ3n) is 6.06. The summed E-state index contributed by atoms with van der Waals surface area (Å²) in [5, 5.41) is 10.6. The summed E-state index contributed by atoms with van der Waals surface area (Å²) in [6.07, 6.45) is 1.19. The summed E-state index contributed by atoms with van der Waals surface area (Å²) < 4.78 is 0. The predicted molar refractivity (Wildman–Crippen MR) is 120 cm³/mol. The van der Waals surface area contributed by atoms with Crippen molar-refractivity contribution in [2.45, 2.75) is 51.1 Å². The van der Waals surface area contributed by atoms with E-state index in [0.717, 1.165) is 17.4 Å². The van der Waals surface area contributed by atoms with Gasteiger partial charge in [0.05, 0.1) is 23.9 Å². The maximum atomic E-state index is 13.7. The predicted octanol–water partition coefficient (Wildman–Crippen LogP) is 5.51. The molecule has 0 aromatic heterocycles. The van der Waals surface area contributed by atoms with E-state index < -0.39 is 23.5 Å². The Labute approximate surface area is 192 Å². The number of amides is 1. The summed E-state index contributed by atoms with van der Waals surface area (Å²) in [5.74, 6) is -1.63. The maximum Gasteiger partial charge on any atom is 0.304 e. The smallest absolute Gasteiger partial charge is 0.304 e. The number of carboxylic acid groups (broad SMARTS) is 1. The Morgan fingerprint density at radius 2 is 1.87 bits per heavy atom. The second-order valence-corrected chi connectivity index (χ2v) is 9.19. The highest BCUT2D eigenvalue weighted by molar-refractivity contribution is 6.30. The van der Waals surface area contributed by atoms with Crippen LogP contribution in [0.2, 0.25) is 10.0 Å². The van der Waals surface area contributed by atoms with Crippen molar-refractivity contribution < 1.29 is 19.5 Å². The van der Waals surface area contributed by atoms with E-state index in [4.69, 9.17) is 23.2 Å². The number of piperidine rings is 1. The Hall–Kier alpha value is -2.37. The standard InChI is InChI=1S/C24H25Cl2NO4/c1-3-19(14-28)27-22(15-7-9-17(25)10-8-15)20(16-5-4-6-18(26)11-16)12-24(2,23(27)31)13-21(29)30/h4-11,14,19-20,22H,3,12-13H2,1-2H3,(H,29,30)/t19?,20-,22-,24-/m1/s1. The van der Waals surface area contributed by atoms with Gasteiger partial charge in [0.15, 0.2) is 0 Å². The zero-order valence-corrected chi connectivity index (χ0v) is 18.9. The average molecular weight is 462 g/mol. The van der Waals surface area contributed by atoms with Crippen molar-refractivity contribution >= 4 is 41.4 Å². The van der Waals surface area contributed by atoms with Crippen molar-refractivity contribution in [3.8, 4) is 0 Å². The molecule has 5 nitrogen and oxygen atoms in total. The van der Waals surface area contributed by atoms with E-state index >= 15 is 0 Å². The van der Waals surface area contributed by atoms with E-state index in [9.17, 15) is 19.5 Å². The fraction of sp³-hybridized carbons (Fsp3) is 0.375. The Morgan fingerprint density at radius 1 is 1.19 bits per heavy atom. The van der Waals surface area contributed by atoms with E-state index in [1.807, 2.05) is 37.3 Å². The van der Waals surface area contributed by atoms with Crippen molar-refractivity contribution in [2.75, 3.05) is 0 Å². The van der Waals surface area contributed by atoms with Gasteiger partial charge in [0.1, 0.15) is 6.29 Å². The van der Waals surface area contributed by atoms with Gasteiger partial charge in [-0.15, -0.1) is 0 Å². The SMILES string of the molecule is CCC(C=O)N1C(=O)[C@@](C)(CC(=O)O)C[C@H](c2cccc(Cl)c2)[C@H]1c1ccc(Cl)cc1. The molecule has 1 unspecified atom stereocenters. The molecule has 0 saturated carbocycles. The van der Waals surface area contributed by atoms with Crippen molar-refractivity contribution in [1.29, 1.82) is 0 Å². The van der Waals surface area contributed by atoms with Gasteiger partial charge in [0, 0.05) is 16.0 Å². The molecule has 0 radical (unpaired) electrons. The molecule has 2 aromatic rings. The van der Waals surface area contributed by atoms with E-state index in [0.29, 0.717) is 22.9 Å². The minimum atomic E-state index is -1.15. The zero-order chi connectivity index (χ0) is 22.8. The molecular formula is C24H25Cl2NO4. The van der Waals surface area contributed by atoms with Crippen LogP contribution in [0.4, 0.5) is 0 Å². The molecule has 4 atom stereocenters. The fourth-order valence-electron chi connectivity index (χ4n) is 4.60. The molecule has 0 aliphatic carbocycles. The lowest BCUT2D eigenvalue weighted by molar-refractivity contribution is -0.161. The molecule has 1 heterocycles. The topological polar surface area (TPSA) is 74.7 Å². The van der Waals surface area contributed by atoms with Crippen LogP contribution in [0.15, 0.2) is 48.5 Å². The van der Waals surface area contributed by atoms with E-state index in [1.165, 1.54) is 0 Å². The highest BCUT2D eigenvalue weighted by atomic mass is 35.5. The molecule has 2 aromatic carbocycles. The first-order valence-electron chi connectivity index (χ1n) is 10.2. The third kappa shape index (κ3) is 4.78. The molecule has 3 rings (SSSR count). The van der Waals surface area contributed by atoms with E-state index in [2.05, 4.69) is 0 Å². The molecule has 1 aliphatic rings. The summed E-state index contributed by atoms with van der Waals surface area (Å²) in [5.41, 5.74) is 0.570. The number of hydrogen-bond donors (Lipinski definition) is 1. The summed E-state index contributed by atoms with van der Waals surface area (Å²) in [7, 11) is 0. The molecule has 0 spiro atoms. The van der Waals surface area contributed by atoms with E-state index in [-0.39, 0.29) is 18.2 Å². The number of nitrogens with zero attached hydrogens (tertiary/aromatic N) is 1. The number of likely N-dealkylation sites (tertiary alicyclic amines) is 1. The Bertz CT molecular complexity index is 978. The van der Waals surface area contributed by atoms with Crippen LogP contribution in [0, 0.1) is 5.41 Å². The van der Waals surface area contributed by atoms with Crippen LogP contribution in [0.1, 0.15) is 56.2 Å². The zero-order valence-electron chi connectivity index (χ0n) is 17.4. The first-order valence-corrected chi connectivity index (χ1v) is 11.0. The number of carboxylic acids is 1. The number of halogens is 2.